The molecule has 3 heterocycles. The van der Waals surface area contributed by atoms with Crippen molar-refractivity contribution in [2.45, 2.75) is 6.42 Å². The van der Waals surface area contributed by atoms with Crippen molar-refractivity contribution in [3.8, 4) is 5.69 Å². The van der Waals surface area contributed by atoms with Crippen LogP contribution in [0, 0.1) is 0 Å². The molecule has 1 aliphatic heterocycles. The Kier molecular flexibility index (Phi) is 6.28. The average molecular weight is 457 g/mol. The molecule has 0 radical (unpaired) electrons. The van der Waals surface area contributed by atoms with Gasteiger partial charge in [0.25, 0.3) is 5.56 Å². The first kappa shape index (κ1) is 21.7. The molecule has 5 rings (SSSR count). The fourth-order valence-electron chi connectivity index (χ4n) is 3.91. The summed E-state index contributed by atoms with van der Waals surface area (Å²) < 4.78 is 6.85. The van der Waals surface area contributed by atoms with E-state index in [0.717, 1.165) is 5.56 Å². The Hall–Kier alpha value is -4.08. The van der Waals surface area contributed by atoms with E-state index in [1.54, 1.807) is 35.0 Å². The normalized spacial score (nSPS) is 14.1. The number of nitrogens with zero attached hydrogens (tertiary/aromatic N) is 4. The highest BCUT2D eigenvalue weighted by Gasteiger charge is 2.16. The number of urea groups is 1. The number of carbonyl (C=O) groups is 1. The Morgan fingerprint density at radius 2 is 1.82 bits per heavy atom. The maximum Gasteiger partial charge on any atom is 0.333 e. The number of fused-ring (bicyclic) bond motifs is 1. The zero-order valence-corrected chi connectivity index (χ0v) is 18.5. The molecule has 0 saturated carbocycles. The van der Waals surface area contributed by atoms with Crippen LogP contribution in [0.3, 0.4) is 0 Å². The van der Waals surface area contributed by atoms with Crippen LogP contribution in [-0.2, 0) is 11.2 Å². The van der Waals surface area contributed by atoms with E-state index in [9.17, 15) is 9.59 Å². The van der Waals surface area contributed by atoms with Gasteiger partial charge in [-0.1, -0.05) is 36.4 Å². The van der Waals surface area contributed by atoms with Crippen LogP contribution in [0.4, 0.5) is 10.5 Å². The molecule has 1 saturated heterocycles. The summed E-state index contributed by atoms with van der Waals surface area (Å²) in [5, 5.41) is 4.65. The Bertz CT molecular complexity index is 1370. The highest BCUT2D eigenvalue weighted by molar-refractivity contribution is 5.89. The molecule has 9 nitrogen and oxygen atoms in total. The van der Waals surface area contributed by atoms with E-state index in [2.05, 4.69) is 20.7 Å². The van der Waals surface area contributed by atoms with E-state index in [0.29, 0.717) is 61.0 Å². The van der Waals surface area contributed by atoms with Crippen LogP contribution in [0.1, 0.15) is 11.3 Å². The second kappa shape index (κ2) is 9.82. The number of carbonyl (C=O) groups excluding carboxylic acids is 1. The molecule has 0 aliphatic carbocycles. The molecule has 1 fully saturated rings. The van der Waals surface area contributed by atoms with Crippen LogP contribution in [0.5, 0.6) is 0 Å². The minimum atomic E-state index is -0.353. The van der Waals surface area contributed by atoms with Crippen molar-refractivity contribution in [3.63, 3.8) is 0 Å². The summed E-state index contributed by atoms with van der Waals surface area (Å²) in [5.74, 6) is 0. The van der Waals surface area contributed by atoms with Crippen LogP contribution in [0.15, 0.2) is 77.7 Å². The first-order valence-corrected chi connectivity index (χ1v) is 11.1. The Labute approximate surface area is 196 Å². The standard InChI is InChI=1S/C25H24N6O3/c32-24-22(16-18-6-2-1-3-7-18)28-21-10-5-11-26-23(21)31(24)20-9-4-8-19(17-20)27-25(33)29-30-12-14-34-15-13-30/h1-11,17H,12-16H2,(H2,27,29,33). The van der Waals surface area contributed by atoms with Crippen molar-refractivity contribution >= 4 is 22.9 Å². The summed E-state index contributed by atoms with van der Waals surface area (Å²) >= 11 is 0. The summed E-state index contributed by atoms with van der Waals surface area (Å²) in [6.07, 6.45) is 2.04. The lowest BCUT2D eigenvalue weighted by molar-refractivity contribution is 0.0207. The lowest BCUT2D eigenvalue weighted by Gasteiger charge is -2.26. The molecular weight excluding hydrogens is 432 g/mol. The van der Waals surface area contributed by atoms with Crippen molar-refractivity contribution in [1.29, 1.82) is 0 Å². The summed E-state index contributed by atoms with van der Waals surface area (Å²) in [4.78, 5) is 35.0. The van der Waals surface area contributed by atoms with Gasteiger partial charge in [-0.2, -0.15) is 0 Å². The Morgan fingerprint density at radius 3 is 2.65 bits per heavy atom. The topological polar surface area (TPSA) is 101 Å². The molecule has 0 bridgehead atoms. The maximum atomic E-state index is 13.5. The van der Waals surface area contributed by atoms with Gasteiger partial charge in [-0.05, 0) is 35.9 Å². The number of hydrogen-bond acceptors (Lipinski definition) is 6. The van der Waals surface area contributed by atoms with E-state index in [4.69, 9.17) is 4.74 Å². The van der Waals surface area contributed by atoms with Gasteiger partial charge in [0.2, 0.25) is 0 Å². The zero-order valence-electron chi connectivity index (χ0n) is 18.5. The van der Waals surface area contributed by atoms with Gasteiger partial charge in [0.05, 0.1) is 18.9 Å². The third kappa shape index (κ3) is 4.80. The van der Waals surface area contributed by atoms with Crippen LogP contribution >= 0.6 is 0 Å². The number of nitrogens with one attached hydrogen (secondary N) is 2. The molecule has 2 aromatic heterocycles. The number of rotatable bonds is 5. The number of pyridine rings is 1. The maximum absolute atomic E-state index is 13.5. The van der Waals surface area contributed by atoms with Crippen molar-refractivity contribution in [3.05, 3.63) is 94.5 Å². The van der Waals surface area contributed by atoms with Gasteiger partial charge in [-0.15, -0.1) is 0 Å². The average Bonchev–Trinajstić information content (AvgIpc) is 2.86. The van der Waals surface area contributed by atoms with Gasteiger partial charge >= 0.3 is 6.03 Å². The van der Waals surface area contributed by atoms with Crippen molar-refractivity contribution in [2.75, 3.05) is 31.6 Å². The molecule has 0 spiro atoms. The second-order valence-electron chi connectivity index (χ2n) is 7.92. The summed E-state index contributed by atoms with van der Waals surface area (Å²) in [5.41, 5.74) is 6.22. The molecule has 2 amide bonds. The number of amides is 2. The van der Waals surface area contributed by atoms with Crippen molar-refractivity contribution < 1.29 is 9.53 Å². The molecular formula is C25H24N6O3. The molecule has 4 aromatic rings. The van der Waals surface area contributed by atoms with Crippen molar-refractivity contribution in [2.24, 2.45) is 0 Å². The highest BCUT2D eigenvalue weighted by atomic mass is 16.5. The molecule has 0 atom stereocenters. The Morgan fingerprint density at radius 1 is 1.00 bits per heavy atom. The summed E-state index contributed by atoms with van der Waals surface area (Å²) in [6.45, 7) is 2.40. The van der Waals surface area contributed by atoms with E-state index in [-0.39, 0.29) is 11.6 Å². The zero-order chi connectivity index (χ0) is 23.3. The predicted octanol–water partition coefficient (Wildman–Crippen LogP) is 2.74. The SMILES string of the molecule is O=C(Nc1cccc(-n2c(=O)c(Cc3ccccc3)nc3cccnc32)c1)NN1CCOCC1. The molecule has 2 N–H and O–H groups in total. The smallest absolute Gasteiger partial charge is 0.333 e. The van der Waals surface area contributed by atoms with Crippen molar-refractivity contribution in [1.82, 2.24) is 25.0 Å². The monoisotopic (exact) mass is 456 g/mol. The lowest BCUT2D eigenvalue weighted by atomic mass is 10.1. The van der Waals surface area contributed by atoms with Gasteiger partial charge in [0, 0.05) is 31.4 Å². The van der Waals surface area contributed by atoms with E-state index in [1.807, 2.05) is 47.5 Å². The van der Waals surface area contributed by atoms with Gasteiger partial charge in [0.15, 0.2) is 5.65 Å². The number of aromatic nitrogens is 3. The lowest BCUT2D eigenvalue weighted by Crippen LogP contribution is -2.49. The first-order chi connectivity index (χ1) is 16.7. The number of benzene rings is 2. The molecule has 0 unspecified atom stereocenters. The fourth-order valence-corrected chi connectivity index (χ4v) is 3.91. The summed E-state index contributed by atoms with van der Waals surface area (Å²) in [6, 6.07) is 20.2. The van der Waals surface area contributed by atoms with Crippen LogP contribution < -0.4 is 16.3 Å². The van der Waals surface area contributed by atoms with E-state index < -0.39 is 0 Å². The molecule has 172 valence electrons. The van der Waals surface area contributed by atoms with Gasteiger partial charge in [-0.25, -0.2) is 19.8 Å². The molecule has 1 aliphatic rings. The molecule has 34 heavy (non-hydrogen) atoms. The number of anilines is 1. The van der Waals surface area contributed by atoms with E-state index >= 15 is 0 Å². The third-order valence-electron chi connectivity index (χ3n) is 5.53. The molecule has 2 aromatic carbocycles. The van der Waals surface area contributed by atoms with Crippen LogP contribution in [0.25, 0.3) is 16.9 Å². The quantitative estimate of drug-likeness (QED) is 0.479. The molecule has 9 heteroatoms. The number of hydrogen-bond donors (Lipinski definition) is 2. The number of hydrazine groups is 1. The van der Waals surface area contributed by atoms with Gasteiger partial charge in [-0.3, -0.25) is 14.8 Å². The highest BCUT2D eigenvalue weighted by Crippen LogP contribution is 2.18. The third-order valence-corrected chi connectivity index (χ3v) is 5.53. The van der Waals surface area contributed by atoms with E-state index in [1.165, 1.54) is 0 Å². The fraction of sp³-hybridized carbons (Fsp3) is 0.200. The first-order valence-electron chi connectivity index (χ1n) is 11.1. The minimum absolute atomic E-state index is 0.245. The largest absolute Gasteiger partial charge is 0.379 e. The second-order valence-corrected chi connectivity index (χ2v) is 7.92. The Balaban J connectivity index is 1.48. The van der Waals surface area contributed by atoms with Crippen LogP contribution in [0.2, 0.25) is 0 Å². The van der Waals surface area contributed by atoms with Crippen LogP contribution in [-0.4, -0.2) is 51.9 Å². The van der Waals surface area contributed by atoms with Gasteiger partial charge in [0.1, 0.15) is 11.2 Å². The predicted molar refractivity (Wildman–Crippen MR) is 129 cm³/mol. The van der Waals surface area contributed by atoms with Gasteiger partial charge < -0.3 is 10.1 Å². The summed E-state index contributed by atoms with van der Waals surface area (Å²) in [7, 11) is 0. The number of ether oxygens (including phenoxy) is 1. The minimum Gasteiger partial charge on any atom is -0.379 e. The number of morpholine rings is 1.